The predicted octanol–water partition coefficient (Wildman–Crippen LogP) is 6.64. The Morgan fingerprint density at radius 2 is 1.70 bits per heavy atom. The van der Waals surface area contributed by atoms with E-state index in [-0.39, 0.29) is 5.57 Å². The van der Waals surface area contributed by atoms with Gasteiger partial charge in [0.1, 0.15) is 24.0 Å². The summed E-state index contributed by atoms with van der Waals surface area (Å²) in [5.41, 5.74) is 3.59. The summed E-state index contributed by atoms with van der Waals surface area (Å²) in [7, 11) is 0. The number of carbonyl (C=O) groups is 1. The third kappa shape index (κ3) is 5.82. The smallest absolute Gasteiger partial charge is 0.266 e. The lowest BCUT2D eigenvalue weighted by atomic mass is 10.1. The van der Waals surface area contributed by atoms with Gasteiger partial charge >= 0.3 is 0 Å². The molecule has 0 aliphatic heterocycles. The monoisotopic (exact) mass is 524 g/mol. The van der Waals surface area contributed by atoms with Crippen molar-refractivity contribution >= 4 is 49.5 Å². The second-order valence-corrected chi connectivity index (χ2v) is 8.29. The van der Waals surface area contributed by atoms with Gasteiger partial charge in [-0.15, -0.1) is 0 Å². The highest BCUT2D eigenvalue weighted by Gasteiger charge is 2.13. The number of benzene rings is 3. The van der Waals surface area contributed by atoms with Crippen molar-refractivity contribution in [2.75, 3.05) is 5.32 Å². The zero-order chi connectivity index (χ0) is 21.5. The first kappa shape index (κ1) is 21.8. The van der Waals surface area contributed by atoms with E-state index in [0.29, 0.717) is 23.6 Å². The van der Waals surface area contributed by atoms with Crippen molar-refractivity contribution in [2.24, 2.45) is 0 Å². The summed E-state index contributed by atoms with van der Waals surface area (Å²) in [6, 6.07) is 22.7. The summed E-state index contributed by atoms with van der Waals surface area (Å²) in [4.78, 5) is 12.4. The van der Waals surface area contributed by atoms with Gasteiger partial charge in [0, 0.05) is 5.69 Å². The molecule has 0 unspecified atom stereocenters. The van der Waals surface area contributed by atoms with Crippen LogP contribution in [0.5, 0.6) is 5.75 Å². The Labute approximate surface area is 192 Å². The molecule has 0 aliphatic carbocycles. The largest absolute Gasteiger partial charge is 0.487 e. The lowest BCUT2D eigenvalue weighted by molar-refractivity contribution is -0.112. The van der Waals surface area contributed by atoms with Crippen molar-refractivity contribution in [1.29, 1.82) is 5.26 Å². The first-order chi connectivity index (χ1) is 14.5. The molecule has 150 valence electrons. The molecular formula is C24H18Br2N2O2. The van der Waals surface area contributed by atoms with Crippen LogP contribution in [0.4, 0.5) is 5.69 Å². The second-order valence-electron chi connectivity index (χ2n) is 6.58. The standard InChI is InChI=1S/C24H18Br2N2O2/c1-16-7-9-17(10-8-16)15-30-23-21(25)12-18(13-22(23)26)11-19(14-27)24(29)28-20-5-3-2-4-6-20/h2-13H,15H2,1H3,(H,28,29)/b19-11-. The number of halogens is 2. The van der Waals surface area contributed by atoms with Crippen molar-refractivity contribution in [3.63, 3.8) is 0 Å². The van der Waals surface area contributed by atoms with Crippen LogP contribution in [-0.2, 0) is 11.4 Å². The molecule has 3 aromatic rings. The number of hydrogen-bond acceptors (Lipinski definition) is 3. The molecule has 0 aliphatic rings. The Hall–Kier alpha value is -2.88. The number of nitriles is 1. The molecule has 0 spiro atoms. The first-order valence-electron chi connectivity index (χ1n) is 9.12. The average Bonchev–Trinajstić information content (AvgIpc) is 2.73. The summed E-state index contributed by atoms with van der Waals surface area (Å²) in [6.45, 7) is 2.47. The number of nitrogens with zero attached hydrogens (tertiary/aromatic N) is 1. The van der Waals surface area contributed by atoms with E-state index in [0.717, 1.165) is 14.5 Å². The van der Waals surface area contributed by atoms with Crippen molar-refractivity contribution in [2.45, 2.75) is 13.5 Å². The van der Waals surface area contributed by atoms with Gasteiger partial charge in [-0.1, -0.05) is 48.0 Å². The highest BCUT2D eigenvalue weighted by molar-refractivity contribution is 9.11. The lowest BCUT2D eigenvalue weighted by Gasteiger charge is -2.12. The van der Waals surface area contributed by atoms with Crippen LogP contribution in [0.3, 0.4) is 0 Å². The summed E-state index contributed by atoms with van der Waals surface area (Å²) in [5, 5.41) is 12.1. The van der Waals surface area contributed by atoms with Crippen LogP contribution >= 0.6 is 31.9 Å². The van der Waals surface area contributed by atoms with Gasteiger partial charge in [-0.05, 0) is 80.3 Å². The molecule has 0 fully saturated rings. The maximum absolute atomic E-state index is 12.4. The quantitative estimate of drug-likeness (QED) is 0.289. The van der Waals surface area contributed by atoms with Crippen LogP contribution in [0.15, 0.2) is 81.2 Å². The number of aryl methyl sites for hydroxylation is 1. The van der Waals surface area contributed by atoms with E-state index >= 15 is 0 Å². The fourth-order valence-corrected chi connectivity index (χ4v) is 4.13. The van der Waals surface area contributed by atoms with E-state index < -0.39 is 5.91 Å². The molecule has 3 aromatic carbocycles. The van der Waals surface area contributed by atoms with E-state index in [1.807, 2.05) is 67.6 Å². The van der Waals surface area contributed by atoms with Gasteiger partial charge in [0.25, 0.3) is 5.91 Å². The molecule has 3 rings (SSSR count). The molecule has 0 saturated carbocycles. The van der Waals surface area contributed by atoms with Crippen LogP contribution in [0.2, 0.25) is 0 Å². The minimum atomic E-state index is -0.462. The molecule has 0 radical (unpaired) electrons. The molecule has 1 N–H and O–H groups in total. The summed E-state index contributed by atoms with van der Waals surface area (Å²) >= 11 is 7.04. The maximum atomic E-state index is 12.4. The van der Waals surface area contributed by atoms with Crippen LogP contribution in [0, 0.1) is 18.3 Å². The number of amides is 1. The number of ether oxygens (including phenoxy) is 1. The number of para-hydroxylation sites is 1. The maximum Gasteiger partial charge on any atom is 0.266 e. The number of rotatable bonds is 6. The van der Waals surface area contributed by atoms with Crippen molar-refractivity contribution < 1.29 is 9.53 Å². The van der Waals surface area contributed by atoms with Crippen LogP contribution in [-0.4, -0.2) is 5.91 Å². The Morgan fingerprint density at radius 3 is 2.30 bits per heavy atom. The fourth-order valence-electron chi connectivity index (χ4n) is 2.68. The normalized spacial score (nSPS) is 10.9. The van der Waals surface area contributed by atoms with E-state index in [4.69, 9.17) is 4.74 Å². The average molecular weight is 526 g/mol. The SMILES string of the molecule is Cc1ccc(COc2c(Br)cc(/C=C(/C#N)C(=O)Nc3ccccc3)cc2Br)cc1. The third-order valence-electron chi connectivity index (χ3n) is 4.23. The summed E-state index contributed by atoms with van der Waals surface area (Å²) in [5.74, 6) is 0.190. The topological polar surface area (TPSA) is 62.1 Å². The van der Waals surface area contributed by atoms with Crippen molar-refractivity contribution in [1.82, 2.24) is 0 Å². The summed E-state index contributed by atoms with van der Waals surface area (Å²) < 4.78 is 7.38. The van der Waals surface area contributed by atoms with Crippen molar-refractivity contribution in [3.8, 4) is 11.8 Å². The minimum Gasteiger partial charge on any atom is -0.487 e. The molecule has 4 nitrogen and oxygen atoms in total. The van der Waals surface area contributed by atoms with Gasteiger partial charge in [0.2, 0.25) is 0 Å². The molecule has 30 heavy (non-hydrogen) atoms. The van der Waals surface area contributed by atoms with E-state index in [9.17, 15) is 10.1 Å². The Morgan fingerprint density at radius 1 is 1.07 bits per heavy atom. The van der Waals surface area contributed by atoms with Crippen LogP contribution in [0.1, 0.15) is 16.7 Å². The number of hydrogen-bond donors (Lipinski definition) is 1. The second kappa shape index (κ2) is 10.2. The number of carbonyl (C=O) groups excluding carboxylic acids is 1. The Balaban J connectivity index is 1.76. The van der Waals surface area contributed by atoms with Crippen LogP contribution < -0.4 is 10.1 Å². The van der Waals surface area contributed by atoms with E-state index in [2.05, 4.69) is 37.2 Å². The number of anilines is 1. The zero-order valence-electron chi connectivity index (χ0n) is 16.2. The summed E-state index contributed by atoms with van der Waals surface area (Å²) in [6.07, 6.45) is 1.54. The lowest BCUT2D eigenvalue weighted by Crippen LogP contribution is -2.13. The van der Waals surface area contributed by atoms with E-state index in [1.54, 1.807) is 12.1 Å². The van der Waals surface area contributed by atoms with Crippen molar-refractivity contribution in [3.05, 3.63) is 97.9 Å². The first-order valence-corrected chi connectivity index (χ1v) is 10.7. The van der Waals surface area contributed by atoms with Gasteiger partial charge in [0.15, 0.2) is 0 Å². The van der Waals surface area contributed by atoms with Gasteiger partial charge in [-0.25, -0.2) is 0 Å². The molecule has 0 bridgehead atoms. The molecule has 0 heterocycles. The molecular weight excluding hydrogens is 508 g/mol. The highest BCUT2D eigenvalue weighted by atomic mass is 79.9. The van der Waals surface area contributed by atoms with Gasteiger partial charge < -0.3 is 10.1 Å². The molecule has 0 saturated heterocycles. The highest BCUT2D eigenvalue weighted by Crippen LogP contribution is 2.36. The molecule has 6 heteroatoms. The third-order valence-corrected chi connectivity index (χ3v) is 5.41. The predicted molar refractivity (Wildman–Crippen MR) is 126 cm³/mol. The van der Waals surface area contributed by atoms with E-state index in [1.165, 1.54) is 11.6 Å². The van der Waals surface area contributed by atoms with Gasteiger partial charge in [-0.2, -0.15) is 5.26 Å². The molecule has 0 atom stereocenters. The molecule has 1 amide bonds. The fraction of sp³-hybridized carbons (Fsp3) is 0.0833. The number of nitrogens with one attached hydrogen (secondary N) is 1. The van der Waals surface area contributed by atoms with Gasteiger partial charge in [-0.3, -0.25) is 4.79 Å². The zero-order valence-corrected chi connectivity index (χ0v) is 19.3. The minimum absolute atomic E-state index is 0.00553. The molecule has 0 aromatic heterocycles. The Kier molecular flexibility index (Phi) is 7.45. The van der Waals surface area contributed by atoms with Crippen LogP contribution in [0.25, 0.3) is 6.08 Å². The Bertz CT molecular complexity index is 1100. The van der Waals surface area contributed by atoms with Gasteiger partial charge in [0.05, 0.1) is 8.95 Å².